The first-order valence-electron chi connectivity index (χ1n) is 8.32. The fraction of sp³-hybridized carbons (Fsp3) is 0.400. The maximum absolute atomic E-state index is 6.00. The van der Waals surface area contributed by atoms with Crippen molar-refractivity contribution in [3.05, 3.63) is 60.7 Å². The third-order valence-electron chi connectivity index (χ3n) is 3.56. The monoisotopic (exact) mass is 298 g/mol. The first kappa shape index (κ1) is 16.4. The first-order valence-corrected chi connectivity index (χ1v) is 8.32. The van der Waals surface area contributed by atoms with Crippen molar-refractivity contribution < 1.29 is 9.47 Å². The summed E-state index contributed by atoms with van der Waals surface area (Å²) in [6.45, 7) is 2.24. The fourth-order valence-electron chi connectivity index (χ4n) is 2.36. The molecule has 0 spiro atoms. The predicted octanol–water partition coefficient (Wildman–Crippen LogP) is 5.83. The van der Waals surface area contributed by atoms with Crippen LogP contribution in [0.2, 0.25) is 0 Å². The van der Waals surface area contributed by atoms with Crippen LogP contribution in [0.1, 0.15) is 45.4 Å². The molecule has 0 radical (unpaired) electrons. The van der Waals surface area contributed by atoms with E-state index in [2.05, 4.69) is 6.92 Å². The van der Waals surface area contributed by atoms with Gasteiger partial charge in [0.1, 0.15) is 11.5 Å². The summed E-state index contributed by atoms with van der Waals surface area (Å²) >= 11 is 0. The molecule has 0 saturated heterocycles. The molecule has 0 aliphatic rings. The molecule has 0 atom stereocenters. The second-order valence-electron chi connectivity index (χ2n) is 5.49. The smallest absolute Gasteiger partial charge is 0.241 e. The number of unbranched alkanes of at least 4 members (excludes halogenated alkanes) is 4. The van der Waals surface area contributed by atoms with Gasteiger partial charge < -0.3 is 9.47 Å². The van der Waals surface area contributed by atoms with Crippen molar-refractivity contribution >= 4 is 0 Å². The van der Waals surface area contributed by atoms with Gasteiger partial charge in [-0.25, -0.2) is 0 Å². The average Bonchev–Trinajstić information content (AvgIpc) is 2.56. The Bertz CT molecular complexity index is 454. The Morgan fingerprint density at radius 1 is 0.682 bits per heavy atom. The molecule has 0 saturated carbocycles. The summed E-state index contributed by atoms with van der Waals surface area (Å²) in [6, 6.07) is 19.8. The van der Waals surface area contributed by atoms with Crippen molar-refractivity contribution in [2.45, 2.75) is 51.7 Å². The second kappa shape index (κ2) is 9.88. The van der Waals surface area contributed by atoms with E-state index < -0.39 is 0 Å². The highest BCUT2D eigenvalue weighted by molar-refractivity contribution is 5.23. The molecule has 0 N–H and O–H groups in total. The number of benzene rings is 2. The lowest BCUT2D eigenvalue weighted by Crippen LogP contribution is -2.23. The quantitative estimate of drug-likeness (QED) is 0.406. The number of rotatable bonds is 10. The van der Waals surface area contributed by atoms with E-state index in [4.69, 9.17) is 9.47 Å². The zero-order valence-electron chi connectivity index (χ0n) is 13.4. The van der Waals surface area contributed by atoms with Crippen LogP contribution in [0.5, 0.6) is 11.5 Å². The largest absolute Gasteiger partial charge is 0.455 e. The minimum absolute atomic E-state index is 0.230. The summed E-state index contributed by atoms with van der Waals surface area (Å²) in [7, 11) is 0. The average molecular weight is 298 g/mol. The van der Waals surface area contributed by atoms with Crippen LogP contribution in [0.3, 0.4) is 0 Å². The molecular weight excluding hydrogens is 272 g/mol. The van der Waals surface area contributed by atoms with Crippen LogP contribution in [-0.4, -0.2) is 6.29 Å². The Morgan fingerprint density at radius 2 is 1.18 bits per heavy atom. The number of hydrogen-bond acceptors (Lipinski definition) is 2. The van der Waals surface area contributed by atoms with Crippen LogP contribution in [0.25, 0.3) is 0 Å². The first-order chi connectivity index (χ1) is 10.9. The van der Waals surface area contributed by atoms with Crippen LogP contribution in [-0.2, 0) is 0 Å². The van der Waals surface area contributed by atoms with Crippen LogP contribution in [0.15, 0.2) is 60.7 Å². The summed E-state index contributed by atoms with van der Waals surface area (Å²) in [5.74, 6) is 1.72. The molecule has 0 unspecified atom stereocenters. The molecule has 0 aromatic heterocycles. The molecule has 2 heteroatoms. The number of para-hydroxylation sites is 2. The van der Waals surface area contributed by atoms with Gasteiger partial charge in [-0.05, 0) is 30.7 Å². The van der Waals surface area contributed by atoms with Crippen LogP contribution in [0, 0.1) is 0 Å². The van der Waals surface area contributed by atoms with Crippen molar-refractivity contribution in [3.63, 3.8) is 0 Å². The molecule has 0 fully saturated rings. The van der Waals surface area contributed by atoms with Gasteiger partial charge >= 0.3 is 0 Å². The Hall–Kier alpha value is -1.96. The van der Waals surface area contributed by atoms with Gasteiger partial charge in [-0.2, -0.15) is 0 Å². The van der Waals surface area contributed by atoms with E-state index in [9.17, 15) is 0 Å². The summed E-state index contributed by atoms with van der Waals surface area (Å²) in [5, 5.41) is 0. The maximum Gasteiger partial charge on any atom is 0.241 e. The lowest BCUT2D eigenvalue weighted by Gasteiger charge is -2.20. The Kier molecular flexibility index (Phi) is 7.37. The predicted molar refractivity (Wildman–Crippen MR) is 91.3 cm³/mol. The molecule has 2 aromatic carbocycles. The van der Waals surface area contributed by atoms with E-state index in [1.165, 1.54) is 25.7 Å². The van der Waals surface area contributed by atoms with E-state index >= 15 is 0 Å². The molecule has 118 valence electrons. The maximum atomic E-state index is 6.00. The van der Waals surface area contributed by atoms with Crippen molar-refractivity contribution in [1.82, 2.24) is 0 Å². The molecule has 0 aliphatic carbocycles. The highest BCUT2D eigenvalue weighted by Crippen LogP contribution is 2.19. The Morgan fingerprint density at radius 3 is 1.68 bits per heavy atom. The molecule has 2 nitrogen and oxygen atoms in total. The van der Waals surface area contributed by atoms with Crippen molar-refractivity contribution in [1.29, 1.82) is 0 Å². The topological polar surface area (TPSA) is 18.5 Å². The normalized spacial score (nSPS) is 10.6. The third kappa shape index (κ3) is 6.21. The Balaban J connectivity index is 1.88. The van der Waals surface area contributed by atoms with Crippen molar-refractivity contribution in [2.75, 3.05) is 0 Å². The van der Waals surface area contributed by atoms with E-state index in [0.717, 1.165) is 24.3 Å². The lowest BCUT2D eigenvalue weighted by molar-refractivity contribution is -0.00244. The highest BCUT2D eigenvalue weighted by Gasteiger charge is 2.12. The summed E-state index contributed by atoms with van der Waals surface area (Å²) in [6.07, 6.45) is 6.92. The number of ether oxygens (including phenoxy) is 2. The van der Waals surface area contributed by atoms with Gasteiger partial charge in [0, 0.05) is 6.42 Å². The summed E-state index contributed by atoms with van der Waals surface area (Å²) in [5.41, 5.74) is 0. The SMILES string of the molecule is CCCCCCCC(Oc1ccccc1)Oc1ccccc1. The molecule has 0 bridgehead atoms. The van der Waals surface area contributed by atoms with E-state index in [1.807, 2.05) is 60.7 Å². The van der Waals surface area contributed by atoms with E-state index in [0.29, 0.717) is 0 Å². The summed E-state index contributed by atoms with van der Waals surface area (Å²) in [4.78, 5) is 0. The lowest BCUT2D eigenvalue weighted by atomic mass is 10.1. The van der Waals surface area contributed by atoms with Crippen LogP contribution < -0.4 is 9.47 Å². The molecule has 0 aliphatic heterocycles. The van der Waals surface area contributed by atoms with Crippen LogP contribution >= 0.6 is 0 Å². The zero-order chi connectivity index (χ0) is 15.5. The molecule has 2 aromatic rings. The number of hydrogen-bond donors (Lipinski definition) is 0. The van der Waals surface area contributed by atoms with Gasteiger partial charge in [0.15, 0.2) is 0 Å². The van der Waals surface area contributed by atoms with Gasteiger partial charge in [0.25, 0.3) is 0 Å². The van der Waals surface area contributed by atoms with Gasteiger partial charge in [0.05, 0.1) is 0 Å². The Labute approximate surface area is 134 Å². The van der Waals surface area contributed by atoms with E-state index in [1.54, 1.807) is 0 Å². The van der Waals surface area contributed by atoms with Gasteiger partial charge in [-0.15, -0.1) is 0 Å². The fourth-order valence-corrected chi connectivity index (χ4v) is 2.36. The molecule has 0 amide bonds. The highest BCUT2D eigenvalue weighted by atomic mass is 16.7. The minimum atomic E-state index is -0.230. The van der Waals surface area contributed by atoms with E-state index in [-0.39, 0.29) is 6.29 Å². The third-order valence-corrected chi connectivity index (χ3v) is 3.56. The molecule has 22 heavy (non-hydrogen) atoms. The second-order valence-corrected chi connectivity index (χ2v) is 5.49. The van der Waals surface area contributed by atoms with Gasteiger partial charge in [0.2, 0.25) is 6.29 Å². The molecule has 0 heterocycles. The van der Waals surface area contributed by atoms with Crippen molar-refractivity contribution in [2.24, 2.45) is 0 Å². The van der Waals surface area contributed by atoms with Gasteiger partial charge in [-0.3, -0.25) is 0 Å². The van der Waals surface area contributed by atoms with Crippen LogP contribution in [0.4, 0.5) is 0 Å². The molecular formula is C20H26O2. The molecule has 2 rings (SSSR count). The summed E-state index contributed by atoms with van der Waals surface area (Å²) < 4.78 is 12.0. The zero-order valence-corrected chi connectivity index (χ0v) is 13.4. The van der Waals surface area contributed by atoms with Crippen molar-refractivity contribution in [3.8, 4) is 11.5 Å². The van der Waals surface area contributed by atoms with Gasteiger partial charge in [-0.1, -0.05) is 69.0 Å². The minimum Gasteiger partial charge on any atom is -0.455 e. The standard InChI is InChI=1S/C20H26O2/c1-2-3-4-5-12-17-20(21-18-13-8-6-9-14-18)22-19-15-10-7-11-16-19/h6-11,13-16,20H,2-5,12,17H2,1H3.